The van der Waals surface area contributed by atoms with E-state index in [9.17, 15) is 88.3 Å². The number of nitrogens with two attached hydrogens (primary N) is 5. The Kier molecular flexibility index (Phi) is 43.6. The summed E-state index contributed by atoms with van der Waals surface area (Å²) in [6, 6.07) is 49.3. The second kappa shape index (κ2) is 53.6. The minimum absolute atomic E-state index is 0. The zero-order valence-electron chi connectivity index (χ0n) is 79.1. The molecule has 19 N–H and O–H groups in total. The molecule has 35 nitrogen and oxygen atoms in total. The van der Waals surface area contributed by atoms with E-state index < -0.39 is 132 Å². The summed E-state index contributed by atoms with van der Waals surface area (Å²) < 4.78 is 129. The number of nitriles is 2. The summed E-state index contributed by atoms with van der Waals surface area (Å²) in [4.78, 5) is 137. The number of nitrogens with zero attached hydrogens (tertiary/aromatic N) is 2. The molecule has 0 fully saturated rings. The Bertz CT molecular complexity index is 6680. The van der Waals surface area contributed by atoms with E-state index in [1.54, 1.807) is 120 Å². The molecule has 0 saturated carbocycles. The van der Waals surface area contributed by atoms with Crippen LogP contribution >= 0.6 is 12.4 Å². The molecule has 0 aromatic heterocycles. The number of anilines is 12. The Labute approximate surface area is 816 Å². The van der Waals surface area contributed by atoms with Gasteiger partial charge in [0.2, 0.25) is 0 Å². The summed E-state index contributed by atoms with van der Waals surface area (Å²) in [5, 5.41) is 39.9. The molecule has 0 bridgehead atoms. The summed E-state index contributed by atoms with van der Waals surface area (Å²) in [5.74, 6) is -3.71. The third kappa shape index (κ3) is 41.5. The second-order valence-corrected chi connectivity index (χ2v) is 34.1. The highest BCUT2D eigenvalue weighted by molar-refractivity contribution is 5.86. The first kappa shape index (κ1) is 115. The van der Waals surface area contributed by atoms with Gasteiger partial charge < -0.3 is 99.0 Å². The molecule has 0 saturated heterocycles. The van der Waals surface area contributed by atoms with Crippen molar-refractivity contribution in [1.29, 1.82) is 10.5 Å². The molecule has 0 unspecified atom stereocenters. The summed E-state index contributed by atoms with van der Waals surface area (Å²) >= 11 is 0. The standard InChI is InChI=1S/C20H23FN2O4.C18H21FN2O5.C16H18FN3O4.C15H11FN2O2.C12H17FN2O2.C11H10FN3O2.C7H5FN2.ClH/c1-20(2,3)27-18(24)22-12-15-9-16(21)11-17(10-15)23-19(25)26-13-14-7-5-4-6-8-14;1-5-25-16-13(14(22)15(16)23)21-12-7-10(6-11(19)8-12)9-20-17(24)26-18(2,3)4;1-16(2,3)24-15(23)19-7-8-4-9(17)6-10(5-8)20-12-11(18)13(21)14(12)22;16-13-6-12(9-17)7-14(8-13)18-15(19)20-10-11-4-2-1-3-5-11;1-12(2,3)17-11(16)15-7-8-4-9(13)6-10(14)5-8;12-6-1-5(4-13)2-7(3-6)15-9-8(14)10(16)11(9)17;8-6-1-5(4-9)2-7(10)3-6;/h4-11H,12-13H2,1-3H3,(H,22,24)(H,23,25);6-8,21H,5,9H2,1-4H3,(H,20,24);4-6,20H,7,18H2,1-3H3,(H,19,23);1-8H,10H2,(H,18,19);4-6H,7,14H2,1-3H3,(H,15,16);1-3,15H,4,13-14H2;1-3H,10H2;1H. The Morgan fingerprint density at radius 2 is 0.613 bits per heavy atom. The summed E-state index contributed by atoms with van der Waals surface area (Å²) in [6.45, 7) is 23.5. The quantitative estimate of drug-likeness (QED) is 0.0122. The third-order valence-electron chi connectivity index (χ3n) is 17.2. The fraction of sp³-hybridized carbons (Fsp3) is 0.253. The van der Waals surface area contributed by atoms with Gasteiger partial charge in [-0.05, 0) is 256 Å². The van der Waals surface area contributed by atoms with Gasteiger partial charge in [-0.1, -0.05) is 60.7 Å². The number of amides is 6. The SMILES string of the molecule is CC(C)(C)OC(=O)NCc1cc(F)cc(NC(=O)OCc2ccccc2)c1.CC(C)(C)OC(=O)NCc1cc(F)cc(Nc2c(N)c(=O)c2=O)c1.CC(C)(C)OC(=O)NCc1cc(N)cc(F)c1.CCOc1c(Nc2cc(F)cc(CNC(=O)OC(C)(C)C)c2)c(=O)c1=O.Cl.N#Cc1cc(F)cc(NC(=O)OCc2ccccc2)c1.N#Cc1cc(N)cc(F)c1.NCc1cc(F)cc(Nc2c(N)c(=O)c2=O)c1. The number of hydrogen-bond acceptors (Lipinski definition) is 29. The Morgan fingerprint density at radius 1 is 0.331 bits per heavy atom. The predicted molar refractivity (Wildman–Crippen MR) is 525 cm³/mol. The van der Waals surface area contributed by atoms with Crippen molar-refractivity contribution in [2.75, 3.05) is 56.1 Å². The highest BCUT2D eigenvalue weighted by Gasteiger charge is 2.26. The maximum Gasteiger partial charge on any atom is 0.411 e. The lowest BCUT2D eigenvalue weighted by Gasteiger charge is -2.20. The summed E-state index contributed by atoms with van der Waals surface area (Å²) in [5.41, 5.74) is 26.2. The first-order valence-electron chi connectivity index (χ1n) is 42.4. The Balaban J connectivity index is 0.000000296. The first-order valence-corrected chi connectivity index (χ1v) is 42.4. The largest absolute Gasteiger partial charge is 0.488 e. The Morgan fingerprint density at radius 3 is 0.937 bits per heavy atom. The molecule has 0 heterocycles. The molecule has 12 aromatic rings. The number of nitrogen functional groups attached to an aromatic ring is 4. The van der Waals surface area contributed by atoms with Crippen LogP contribution in [0, 0.1) is 63.4 Å². The minimum atomic E-state index is -0.763. The van der Waals surface area contributed by atoms with Crippen molar-refractivity contribution in [3.8, 4) is 17.9 Å². The fourth-order valence-corrected chi connectivity index (χ4v) is 11.5. The van der Waals surface area contributed by atoms with Gasteiger partial charge >= 0.3 is 36.6 Å². The van der Waals surface area contributed by atoms with Gasteiger partial charge in [-0.25, -0.2) is 59.5 Å². The predicted octanol–water partition coefficient (Wildman–Crippen LogP) is 16.7. The molecule has 0 aliphatic heterocycles. The Hall–Kier alpha value is -17.0. The molecular formula is C99H106ClF7N16O19. The van der Waals surface area contributed by atoms with Crippen molar-refractivity contribution in [3.05, 3.63) is 340 Å². The monoisotopic (exact) mass is 1990 g/mol. The van der Waals surface area contributed by atoms with Crippen molar-refractivity contribution in [3.63, 3.8) is 0 Å². The number of carbonyl (C=O) groups is 6. The van der Waals surface area contributed by atoms with Crippen molar-refractivity contribution in [2.45, 2.75) is 158 Å². The maximum atomic E-state index is 13.8. The van der Waals surface area contributed by atoms with Crippen molar-refractivity contribution in [1.82, 2.24) is 21.3 Å². The lowest BCUT2D eigenvalue weighted by molar-refractivity contribution is 0.0512. The fourth-order valence-electron chi connectivity index (χ4n) is 11.5. The molecule has 0 atom stereocenters. The van der Waals surface area contributed by atoms with Gasteiger partial charge in [0.25, 0.3) is 32.6 Å². The molecule has 6 amide bonds. The number of hydrogen-bond donors (Lipinski definition) is 14. The highest BCUT2D eigenvalue weighted by Crippen LogP contribution is 2.28. The van der Waals surface area contributed by atoms with E-state index in [2.05, 4.69) is 47.9 Å². The average Bonchev–Trinajstić information content (AvgIpc) is 0.793. The molecule has 12 aromatic carbocycles. The van der Waals surface area contributed by atoms with E-state index in [0.29, 0.717) is 39.2 Å². The molecule has 0 aliphatic carbocycles. The van der Waals surface area contributed by atoms with Gasteiger partial charge in [-0.15, -0.1) is 12.4 Å². The van der Waals surface area contributed by atoms with Crippen molar-refractivity contribution in [2.24, 2.45) is 5.73 Å². The van der Waals surface area contributed by atoms with Gasteiger partial charge in [0.15, 0.2) is 5.75 Å². The molecule has 0 spiro atoms. The van der Waals surface area contributed by atoms with Crippen LogP contribution in [0.25, 0.3) is 0 Å². The van der Waals surface area contributed by atoms with Crippen LogP contribution < -0.4 is 114 Å². The van der Waals surface area contributed by atoms with Gasteiger partial charge in [-0.2, -0.15) is 10.5 Å². The number of rotatable bonds is 23. The van der Waals surface area contributed by atoms with Crippen LogP contribution in [-0.2, 0) is 74.4 Å². The lowest BCUT2D eigenvalue weighted by atomic mass is 10.1. The molecular weight excluding hydrogens is 1890 g/mol. The molecule has 0 aliphatic rings. The number of benzene rings is 9. The smallest absolute Gasteiger partial charge is 0.411 e. The van der Waals surface area contributed by atoms with Crippen LogP contribution in [0.15, 0.2) is 217 Å². The van der Waals surface area contributed by atoms with Crippen LogP contribution in [-0.4, -0.2) is 65.6 Å². The topological polar surface area (TPSA) is 555 Å². The summed E-state index contributed by atoms with van der Waals surface area (Å²) in [7, 11) is 0. The number of halogens is 8. The zero-order chi connectivity index (χ0) is 105. The van der Waals surface area contributed by atoms with E-state index in [0.717, 1.165) is 35.4 Å². The van der Waals surface area contributed by atoms with E-state index in [1.807, 2.05) is 66.7 Å². The lowest BCUT2D eigenvalue weighted by Crippen LogP contribution is -2.36. The number of alkyl carbamates (subject to hydrolysis) is 4. The molecule has 43 heteroatoms. The minimum Gasteiger partial charge on any atom is -0.488 e. The van der Waals surface area contributed by atoms with Crippen LogP contribution in [0.3, 0.4) is 0 Å². The number of nitrogens with one attached hydrogen (secondary N) is 9. The second-order valence-electron chi connectivity index (χ2n) is 34.1. The summed E-state index contributed by atoms with van der Waals surface area (Å²) in [6.07, 6.45) is -3.81. The van der Waals surface area contributed by atoms with Crippen molar-refractivity contribution < 1.29 is 92.7 Å². The first-order chi connectivity index (χ1) is 66.0. The zero-order valence-corrected chi connectivity index (χ0v) is 80.0. The van der Waals surface area contributed by atoms with Gasteiger partial charge in [0.1, 0.15) is 105 Å². The molecule has 0 radical (unpaired) electrons. The normalized spacial score (nSPS) is 10.6. The molecule has 142 heavy (non-hydrogen) atoms. The highest BCUT2D eigenvalue weighted by atomic mass is 35.5. The van der Waals surface area contributed by atoms with Crippen LogP contribution in [0.1, 0.15) is 140 Å². The van der Waals surface area contributed by atoms with Crippen molar-refractivity contribution >= 4 is 117 Å². The van der Waals surface area contributed by atoms with E-state index in [-0.39, 0.29) is 139 Å². The maximum absolute atomic E-state index is 13.8. The van der Waals surface area contributed by atoms with Crippen LogP contribution in [0.5, 0.6) is 5.75 Å². The van der Waals surface area contributed by atoms with E-state index >= 15 is 0 Å². The van der Waals surface area contributed by atoms with Gasteiger partial charge in [-0.3, -0.25) is 39.4 Å². The number of carbonyl (C=O) groups excluding carboxylic acids is 6. The molecule has 12 rings (SSSR count). The van der Waals surface area contributed by atoms with Crippen LogP contribution in [0.2, 0.25) is 0 Å². The van der Waals surface area contributed by atoms with Gasteiger partial charge in [0.05, 0.1) is 29.9 Å². The molecule has 752 valence electrons. The number of ether oxygens (including phenoxy) is 7. The van der Waals surface area contributed by atoms with E-state index in [1.165, 1.54) is 78.9 Å². The van der Waals surface area contributed by atoms with E-state index in [4.69, 9.17) is 72.4 Å². The third-order valence-corrected chi connectivity index (χ3v) is 17.2. The average molecular weight is 1990 g/mol. The van der Waals surface area contributed by atoms with Gasteiger partial charge in [0, 0.05) is 72.5 Å². The van der Waals surface area contributed by atoms with Crippen LogP contribution in [0.4, 0.5) is 128 Å².